The Kier molecular flexibility index (Phi) is 4.32. The standard InChI is InChI=1S/C19H19ClS/c1-2-19(14-20,16-8-4-3-5-9-16)12-15-13-21-18-11-7-6-10-17(15)18/h3-11,13H,2,12,14H2,1H3. The van der Waals surface area contributed by atoms with Crippen LogP contribution < -0.4 is 0 Å². The van der Waals surface area contributed by atoms with E-state index in [1.807, 2.05) is 11.3 Å². The van der Waals surface area contributed by atoms with E-state index in [2.05, 4.69) is 66.9 Å². The number of hydrogen-bond acceptors (Lipinski definition) is 1. The van der Waals surface area contributed by atoms with Gasteiger partial charge < -0.3 is 0 Å². The van der Waals surface area contributed by atoms with E-state index in [-0.39, 0.29) is 5.41 Å². The molecular weight excluding hydrogens is 296 g/mol. The number of halogens is 1. The first kappa shape index (κ1) is 14.6. The van der Waals surface area contributed by atoms with Gasteiger partial charge in [-0.15, -0.1) is 22.9 Å². The van der Waals surface area contributed by atoms with Gasteiger partial charge in [-0.2, -0.15) is 0 Å². The summed E-state index contributed by atoms with van der Waals surface area (Å²) in [5.41, 5.74) is 2.78. The molecule has 108 valence electrons. The van der Waals surface area contributed by atoms with Crippen LogP contribution in [0, 0.1) is 0 Å². The summed E-state index contributed by atoms with van der Waals surface area (Å²) < 4.78 is 1.36. The fourth-order valence-corrected chi connectivity index (χ4v) is 4.38. The third kappa shape index (κ3) is 2.73. The highest BCUT2D eigenvalue weighted by molar-refractivity contribution is 7.17. The Bertz CT molecular complexity index is 711. The third-order valence-corrected chi connectivity index (χ3v) is 5.93. The predicted molar refractivity (Wildman–Crippen MR) is 94.7 cm³/mol. The molecule has 3 aromatic rings. The monoisotopic (exact) mass is 314 g/mol. The van der Waals surface area contributed by atoms with Gasteiger partial charge in [-0.3, -0.25) is 0 Å². The maximum atomic E-state index is 6.43. The number of alkyl halides is 1. The van der Waals surface area contributed by atoms with Crippen LogP contribution in [-0.2, 0) is 11.8 Å². The number of benzene rings is 2. The molecular formula is C19H19ClS. The molecule has 1 aromatic heterocycles. The Morgan fingerprint density at radius 2 is 1.71 bits per heavy atom. The minimum Gasteiger partial charge on any atom is -0.144 e. The van der Waals surface area contributed by atoms with Crippen LogP contribution in [0.25, 0.3) is 10.1 Å². The van der Waals surface area contributed by atoms with E-state index in [4.69, 9.17) is 11.6 Å². The van der Waals surface area contributed by atoms with Gasteiger partial charge in [0.05, 0.1) is 0 Å². The first-order valence-corrected chi connectivity index (χ1v) is 8.77. The second-order valence-electron chi connectivity index (χ2n) is 5.57. The maximum absolute atomic E-state index is 6.43. The average Bonchev–Trinajstić information content (AvgIpc) is 2.96. The van der Waals surface area contributed by atoms with E-state index in [0.717, 1.165) is 12.8 Å². The van der Waals surface area contributed by atoms with Crippen molar-refractivity contribution in [3.05, 3.63) is 71.1 Å². The van der Waals surface area contributed by atoms with Crippen LogP contribution in [0.2, 0.25) is 0 Å². The third-order valence-electron chi connectivity index (χ3n) is 4.41. The molecule has 0 bridgehead atoms. The molecule has 0 aliphatic heterocycles. The van der Waals surface area contributed by atoms with Gasteiger partial charge in [-0.1, -0.05) is 55.5 Å². The number of rotatable bonds is 5. The molecule has 2 aromatic carbocycles. The Morgan fingerprint density at radius 1 is 1.00 bits per heavy atom. The number of fused-ring (bicyclic) bond motifs is 1. The van der Waals surface area contributed by atoms with Gasteiger partial charge in [0.2, 0.25) is 0 Å². The van der Waals surface area contributed by atoms with E-state index >= 15 is 0 Å². The number of thiophene rings is 1. The van der Waals surface area contributed by atoms with Crippen molar-refractivity contribution in [1.82, 2.24) is 0 Å². The molecule has 0 N–H and O–H groups in total. The van der Waals surface area contributed by atoms with Crippen LogP contribution in [0.1, 0.15) is 24.5 Å². The molecule has 0 radical (unpaired) electrons. The quantitative estimate of drug-likeness (QED) is 0.504. The van der Waals surface area contributed by atoms with Crippen molar-refractivity contribution in [3.63, 3.8) is 0 Å². The first-order chi connectivity index (χ1) is 10.3. The molecule has 1 heterocycles. The van der Waals surface area contributed by atoms with Crippen LogP contribution in [0.5, 0.6) is 0 Å². The fourth-order valence-electron chi connectivity index (χ4n) is 2.98. The molecule has 21 heavy (non-hydrogen) atoms. The Hall–Kier alpha value is -1.31. The molecule has 0 aliphatic rings. The van der Waals surface area contributed by atoms with E-state index in [0.29, 0.717) is 5.88 Å². The van der Waals surface area contributed by atoms with Crippen molar-refractivity contribution in [2.45, 2.75) is 25.2 Å². The van der Waals surface area contributed by atoms with Crippen molar-refractivity contribution >= 4 is 33.0 Å². The van der Waals surface area contributed by atoms with Crippen molar-refractivity contribution in [2.75, 3.05) is 5.88 Å². The molecule has 0 amide bonds. The highest BCUT2D eigenvalue weighted by Gasteiger charge is 2.30. The molecule has 0 nitrogen and oxygen atoms in total. The SMILES string of the molecule is CCC(CCl)(Cc1csc2ccccc12)c1ccccc1. The van der Waals surface area contributed by atoms with Crippen LogP contribution in [0.4, 0.5) is 0 Å². The molecule has 3 rings (SSSR count). The molecule has 2 heteroatoms. The summed E-state index contributed by atoms with van der Waals surface area (Å²) in [6.45, 7) is 2.24. The smallest absolute Gasteiger partial charge is 0.0345 e. The van der Waals surface area contributed by atoms with E-state index < -0.39 is 0 Å². The summed E-state index contributed by atoms with van der Waals surface area (Å²) in [6.07, 6.45) is 2.05. The largest absolute Gasteiger partial charge is 0.144 e. The lowest BCUT2D eigenvalue weighted by atomic mass is 9.75. The van der Waals surface area contributed by atoms with Crippen LogP contribution in [0.3, 0.4) is 0 Å². The van der Waals surface area contributed by atoms with Crippen molar-refractivity contribution in [1.29, 1.82) is 0 Å². The maximum Gasteiger partial charge on any atom is 0.0345 e. The number of hydrogen-bond donors (Lipinski definition) is 0. The molecule has 1 atom stereocenters. The van der Waals surface area contributed by atoms with E-state index in [9.17, 15) is 0 Å². The van der Waals surface area contributed by atoms with Crippen molar-refractivity contribution in [3.8, 4) is 0 Å². The summed E-state index contributed by atoms with van der Waals surface area (Å²) in [6, 6.07) is 19.3. The summed E-state index contributed by atoms with van der Waals surface area (Å²) in [5, 5.41) is 3.67. The summed E-state index contributed by atoms with van der Waals surface area (Å²) in [4.78, 5) is 0. The Labute approximate surface area is 135 Å². The summed E-state index contributed by atoms with van der Waals surface area (Å²) >= 11 is 8.26. The van der Waals surface area contributed by atoms with Gasteiger partial charge in [0.25, 0.3) is 0 Å². The lowest BCUT2D eigenvalue weighted by Crippen LogP contribution is -2.30. The predicted octanol–water partition coefficient (Wildman–Crippen LogP) is 6.03. The lowest BCUT2D eigenvalue weighted by molar-refractivity contribution is 0.460. The minimum atomic E-state index is 0.0205. The molecule has 0 spiro atoms. The van der Waals surface area contributed by atoms with Crippen LogP contribution in [0.15, 0.2) is 60.0 Å². The topological polar surface area (TPSA) is 0 Å². The van der Waals surface area contributed by atoms with Gasteiger partial charge in [0.15, 0.2) is 0 Å². The Balaban J connectivity index is 2.03. The van der Waals surface area contributed by atoms with Gasteiger partial charge in [-0.25, -0.2) is 0 Å². The normalized spacial score (nSPS) is 14.2. The average molecular weight is 315 g/mol. The molecule has 1 unspecified atom stereocenters. The molecule has 0 fully saturated rings. The van der Waals surface area contributed by atoms with Crippen LogP contribution >= 0.6 is 22.9 Å². The summed E-state index contributed by atoms with van der Waals surface area (Å²) in [5.74, 6) is 0.650. The van der Waals surface area contributed by atoms with E-state index in [1.165, 1.54) is 21.2 Å². The van der Waals surface area contributed by atoms with Crippen molar-refractivity contribution in [2.24, 2.45) is 0 Å². The van der Waals surface area contributed by atoms with Gasteiger partial charge in [0.1, 0.15) is 0 Å². The second kappa shape index (κ2) is 6.21. The van der Waals surface area contributed by atoms with Crippen LogP contribution in [-0.4, -0.2) is 5.88 Å². The van der Waals surface area contributed by atoms with Crippen molar-refractivity contribution < 1.29 is 0 Å². The Morgan fingerprint density at radius 3 is 2.43 bits per heavy atom. The fraction of sp³-hybridized carbons (Fsp3) is 0.263. The molecule has 0 aliphatic carbocycles. The zero-order valence-corrected chi connectivity index (χ0v) is 13.8. The van der Waals surface area contributed by atoms with Gasteiger partial charge >= 0.3 is 0 Å². The first-order valence-electron chi connectivity index (χ1n) is 7.36. The zero-order chi connectivity index (χ0) is 14.7. The van der Waals surface area contributed by atoms with E-state index in [1.54, 1.807) is 0 Å². The summed E-state index contributed by atoms with van der Waals surface area (Å²) in [7, 11) is 0. The highest BCUT2D eigenvalue weighted by Crippen LogP contribution is 2.37. The molecule has 0 saturated carbocycles. The zero-order valence-electron chi connectivity index (χ0n) is 12.2. The molecule has 0 saturated heterocycles. The van der Waals surface area contributed by atoms with Gasteiger partial charge in [0, 0.05) is 16.0 Å². The lowest BCUT2D eigenvalue weighted by Gasteiger charge is -2.31. The van der Waals surface area contributed by atoms with Gasteiger partial charge in [-0.05, 0) is 40.8 Å². The second-order valence-corrected chi connectivity index (χ2v) is 6.75. The highest BCUT2D eigenvalue weighted by atomic mass is 35.5. The minimum absolute atomic E-state index is 0.0205.